The molecule has 0 aliphatic carbocycles. The first-order chi connectivity index (χ1) is 8.77. The average molecular weight is 243 g/mol. The van der Waals surface area contributed by atoms with Gasteiger partial charge in [-0.05, 0) is 12.1 Å². The maximum atomic E-state index is 12.5. The number of para-hydroxylation sites is 1. The first kappa shape index (κ1) is 11.3. The lowest BCUT2D eigenvalue weighted by Gasteiger charge is -2.27. The molecule has 94 valence electrons. The second-order valence-electron chi connectivity index (χ2n) is 4.71. The molecule has 1 saturated heterocycles. The highest BCUT2D eigenvalue weighted by Crippen LogP contribution is 2.21. The van der Waals surface area contributed by atoms with Gasteiger partial charge in [0, 0.05) is 44.8 Å². The van der Waals surface area contributed by atoms with E-state index in [-0.39, 0.29) is 5.91 Å². The number of carbonyl (C=O) groups excluding carboxylic acids is 1. The molecule has 4 heteroatoms. The highest BCUT2D eigenvalue weighted by Gasteiger charge is 2.20. The van der Waals surface area contributed by atoms with Gasteiger partial charge in [-0.25, -0.2) is 0 Å². The number of rotatable bonds is 1. The van der Waals surface area contributed by atoms with E-state index < -0.39 is 0 Å². The fraction of sp³-hybridized carbons (Fsp3) is 0.357. The molecule has 1 aromatic heterocycles. The van der Waals surface area contributed by atoms with E-state index in [0.717, 1.165) is 42.6 Å². The Morgan fingerprint density at radius 2 is 2.00 bits per heavy atom. The molecule has 0 atom stereocenters. The molecule has 1 N–H and O–H groups in total. The molecule has 0 unspecified atom stereocenters. The van der Waals surface area contributed by atoms with Gasteiger partial charge in [-0.1, -0.05) is 12.1 Å². The summed E-state index contributed by atoms with van der Waals surface area (Å²) >= 11 is 0. The number of hydrogen-bond acceptors (Lipinski definition) is 2. The summed E-state index contributed by atoms with van der Waals surface area (Å²) in [5, 5.41) is 4.39. The zero-order chi connectivity index (χ0) is 12.5. The molecule has 2 aromatic rings. The van der Waals surface area contributed by atoms with Crippen LogP contribution in [0.5, 0.6) is 0 Å². The molecule has 2 heterocycles. The van der Waals surface area contributed by atoms with Crippen LogP contribution in [0.15, 0.2) is 30.5 Å². The minimum absolute atomic E-state index is 0.143. The normalized spacial score (nSPS) is 16.2. The van der Waals surface area contributed by atoms with Gasteiger partial charge in [-0.15, -0.1) is 0 Å². The molecule has 1 fully saturated rings. The van der Waals surface area contributed by atoms with Crippen molar-refractivity contribution in [2.45, 2.75) is 0 Å². The minimum atomic E-state index is 0.143. The summed E-state index contributed by atoms with van der Waals surface area (Å²) in [7, 11) is 1.98. The molecule has 18 heavy (non-hydrogen) atoms. The first-order valence-electron chi connectivity index (χ1n) is 6.31. The van der Waals surface area contributed by atoms with Crippen LogP contribution in [0.1, 0.15) is 10.4 Å². The maximum Gasteiger partial charge on any atom is 0.256 e. The minimum Gasteiger partial charge on any atom is -0.350 e. The van der Waals surface area contributed by atoms with E-state index in [1.807, 2.05) is 47.0 Å². The summed E-state index contributed by atoms with van der Waals surface area (Å²) in [4.78, 5) is 14.5. The van der Waals surface area contributed by atoms with Crippen LogP contribution in [-0.2, 0) is 7.05 Å². The predicted molar refractivity (Wildman–Crippen MR) is 71.7 cm³/mol. The Labute approximate surface area is 106 Å². The SMILES string of the molecule is Cn1ccc2cccc(C(=O)N3CCNCC3)c21. The number of aromatic nitrogens is 1. The summed E-state index contributed by atoms with van der Waals surface area (Å²) in [6, 6.07) is 7.97. The number of hydrogen-bond donors (Lipinski definition) is 1. The van der Waals surface area contributed by atoms with Crippen molar-refractivity contribution in [2.24, 2.45) is 7.05 Å². The molecule has 0 spiro atoms. The Hall–Kier alpha value is -1.81. The van der Waals surface area contributed by atoms with E-state index in [4.69, 9.17) is 0 Å². The second-order valence-corrected chi connectivity index (χ2v) is 4.71. The molecule has 0 radical (unpaired) electrons. The zero-order valence-electron chi connectivity index (χ0n) is 10.5. The zero-order valence-corrected chi connectivity index (χ0v) is 10.5. The van der Waals surface area contributed by atoms with Crippen LogP contribution < -0.4 is 5.32 Å². The fourth-order valence-electron chi connectivity index (χ4n) is 2.57. The van der Waals surface area contributed by atoms with E-state index in [9.17, 15) is 4.79 Å². The Kier molecular flexibility index (Phi) is 2.80. The van der Waals surface area contributed by atoms with Crippen molar-refractivity contribution in [2.75, 3.05) is 26.2 Å². The quantitative estimate of drug-likeness (QED) is 0.818. The van der Waals surface area contributed by atoms with Crippen LogP contribution >= 0.6 is 0 Å². The Bertz CT molecular complexity index is 582. The van der Waals surface area contributed by atoms with Gasteiger partial charge in [0.2, 0.25) is 0 Å². The first-order valence-corrected chi connectivity index (χ1v) is 6.31. The van der Waals surface area contributed by atoms with Crippen molar-refractivity contribution in [3.63, 3.8) is 0 Å². The monoisotopic (exact) mass is 243 g/mol. The van der Waals surface area contributed by atoms with Gasteiger partial charge in [-0.2, -0.15) is 0 Å². The van der Waals surface area contributed by atoms with Crippen LogP contribution in [0.25, 0.3) is 10.9 Å². The van der Waals surface area contributed by atoms with Gasteiger partial charge in [0.1, 0.15) is 0 Å². The molecule has 1 aliphatic rings. The number of piperazine rings is 1. The van der Waals surface area contributed by atoms with Gasteiger partial charge in [0.25, 0.3) is 5.91 Å². The topological polar surface area (TPSA) is 37.3 Å². The molecule has 0 bridgehead atoms. The summed E-state index contributed by atoms with van der Waals surface area (Å²) < 4.78 is 2.02. The molecular weight excluding hydrogens is 226 g/mol. The van der Waals surface area contributed by atoms with Gasteiger partial charge in [0.15, 0.2) is 0 Å². The van der Waals surface area contributed by atoms with Crippen LogP contribution in [0.3, 0.4) is 0 Å². The van der Waals surface area contributed by atoms with Crippen LogP contribution in [0.4, 0.5) is 0 Å². The highest BCUT2D eigenvalue weighted by molar-refractivity contribution is 6.06. The summed E-state index contributed by atoms with van der Waals surface area (Å²) in [6.45, 7) is 3.35. The third-order valence-electron chi connectivity index (χ3n) is 3.53. The molecular formula is C14H17N3O. The standard InChI is InChI=1S/C14H17N3O/c1-16-8-5-11-3-2-4-12(13(11)16)14(18)17-9-6-15-7-10-17/h2-5,8,15H,6-7,9-10H2,1H3. The number of nitrogens with zero attached hydrogens (tertiary/aromatic N) is 2. The van der Waals surface area contributed by atoms with Crippen molar-refractivity contribution in [3.05, 3.63) is 36.0 Å². The lowest BCUT2D eigenvalue weighted by molar-refractivity contribution is 0.0737. The smallest absolute Gasteiger partial charge is 0.256 e. The number of aryl methyl sites for hydroxylation is 1. The lowest BCUT2D eigenvalue weighted by Crippen LogP contribution is -2.46. The maximum absolute atomic E-state index is 12.5. The van der Waals surface area contributed by atoms with Crippen molar-refractivity contribution in [1.82, 2.24) is 14.8 Å². The Morgan fingerprint density at radius 3 is 2.78 bits per heavy atom. The van der Waals surface area contributed by atoms with Crippen molar-refractivity contribution >= 4 is 16.8 Å². The third kappa shape index (κ3) is 1.78. The second kappa shape index (κ2) is 4.46. The van der Waals surface area contributed by atoms with Gasteiger partial charge in [0.05, 0.1) is 11.1 Å². The van der Waals surface area contributed by atoms with Crippen LogP contribution in [-0.4, -0.2) is 41.6 Å². The van der Waals surface area contributed by atoms with Crippen LogP contribution in [0.2, 0.25) is 0 Å². The molecule has 0 saturated carbocycles. The van der Waals surface area contributed by atoms with Crippen molar-refractivity contribution in [3.8, 4) is 0 Å². The highest BCUT2D eigenvalue weighted by atomic mass is 16.2. The summed E-state index contributed by atoms with van der Waals surface area (Å²) in [5.74, 6) is 0.143. The Balaban J connectivity index is 2.02. The van der Waals surface area contributed by atoms with E-state index >= 15 is 0 Å². The summed E-state index contributed by atoms with van der Waals surface area (Å²) in [5.41, 5.74) is 1.84. The number of carbonyl (C=O) groups is 1. The number of benzene rings is 1. The number of fused-ring (bicyclic) bond motifs is 1. The van der Waals surface area contributed by atoms with E-state index in [2.05, 4.69) is 5.32 Å². The third-order valence-corrected chi connectivity index (χ3v) is 3.53. The van der Waals surface area contributed by atoms with Gasteiger partial charge >= 0.3 is 0 Å². The average Bonchev–Trinajstić information content (AvgIpc) is 2.81. The van der Waals surface area contributed by atoms with Gasteiger partial charge < -0.3 is 14.8 Å². The Morgan fingerprint density at radius 1 is 1.22 bits per heavy atom. The van der Waals surface area contributed by atoms with Gasteiger partial charge in [-0.3, -0.25) is 4.79 Å². The lowest BCUT2D eigenvalue weighted by atomic mass is 10.1. The molecule has 3 rings (SSSR count). The number of nitrogens with one attached hydrogen (secondary N) is 1. The fourth-order valence-corrected chi connectivity index (χ4v) is 2.57. The largest absolute Gasteiger partial charge is 0.350 e. The van der Waals surface area contributed by atoms with E-state index in [1.165, 1.54) is 0 Å². The molecule has 1 aliphatic heterocycles. The van der Waals surface area contributed by atoms with E-state index in [1.54, 1.807) is 0 Å². The molecule has 1 amide bonds. The molecule has 4 nitrogen and oxygen atoms in total. The van der Waals surface area contributed by atoms with E-state index in [0.29, 0.717) is 0 Å². The van der Waals surface area contributed by atoms with Crippen LogP contribution in [0, 0.1) is 0 Å². The number of amides is 1. The van der Waals surface area contributed by atoms with Crippen molar-refractivity contribution in [1.29, 1.82) is 0 Å². The van der Waals surface area contributed by atoms with Crippen molar-refractivity contribution < 1.29 is 4.79 Å². The predicted octanol–water partition coefficient (Wildman–Crippen LogP) is 1.22. The molecule has 1 aromatic carbocycles. The summed E-state index contributed by atoms with van der Waals surface area (Å²) in [6.07, 6.45) is 2.00.